The van der Waals surface area contributed by atoms with Crippen molar-refractivity contribution in [3.05, 3.63) is 0 Å². The predicted octanol–water partition coefficient (Wildman–Crippen LogP) is 1.27. The Morgan fingerprint density at radius 2 is 1.94 bits per heavy atom. The maximum atomic E-state index is 11.6. The van der Waals surface area contributed by atoms with Gasteiger partial charge in [-0.25, -0.2) is 0 Å². The average molecular weight is 228 g/mol. The number of likely N-dealkylation sites (tertiary alicyclic amines) is 1. The van der Waals surface area contributed by atoms with Gasteiger partial charge in [0.05, 0.1) is 0 Å². The van der Waals surface area contributed by atoms with Gasteiger partial charge in [0.15, 0.2) is 0 Å². The first kappa shape index (κ1) is 13.5. The number of likely N-dealkylation sites (N-methyl/N-ethyl adjacent to an activating group) is 1. The van der Waals surface area contributed by atoms with Gasteiger partial charge in [-0.05, 0) is 45.9 Å². The Kier molecular flexibility index (Phi) is 4.74. The van der Waals surface area contributed by atoms with E-state index >= 15 is 0 Å². The largest absolute Gasteiger partial charge is 0.480 e. The van der Waals surface area contributed by atoms with Gasteiger partial charge in [0.25, 0.3) is 0 Å². The zero-order valence-electron chi connectivity index (χ0n) is 10.7. The van der Waals surface area contributed by atoms with Gasteiger partial charge in [0.2, 0.25) is 0 Å². The quantitative estimate of drug-likeness (QED) is 0.787. The van der Waals surface area contributed by atoms with Crippen LogP contribution in [0.1, 0.15) is 33.1 Å². The summed E-state index contributed by atoms with van der Waals surface area (Å²) in [6.07, 6.45) is 2.48. The van der Waals surface area contributed by atoms with E-state index in [1.807, 2.05) is 13.8 Å². The molecule has 0 aliphatic carbocycles. The third-order valence-corrected chi connectivity index (χ3v) is 3.80. The average Bonchev–Trinajstić information content (AvgIpc) is 2.44. The van der Waals surface area contributed by atoms with Gasteiger partial charge in [-0.2, -0.15) is 0 Å². The second-order valence-corrected chi connectivity index (χ2v) is 4.67. The van der Waals surface area contributed by atoms with Crippen molar-refractivity contribution in [2.24, 2.45) is 0 Å². The molecule has 4 nitrogen and oxygen atoms in total. The van der Waals surface area contributed by atoms with E-state index < -0.39 is 11.5 Å². The summed E-state index contributed by atoms with van der Waals surface area (Å²) in [6, 6.07) is 0. The second kappa shape index (κ2) is 5.64. The Morgan fingerprint density at radius 3 is 2.44 bits per heavy atom. The lowest BCUT2D eigenvalue weighted by molar-refractivity contribution is -0.152. The first-order valence-corrected chi connectivity index (χ1v) is 6.23. The Morgan fingerprint density at radius 1 is 1.31 bits per heavy atom. The zero-order valence-corrected chi connectivity index (χ0v) is 10.7. The summed E-state index contributed by atoms with van der Waals surface area (Å²) in [5, 5.41) is 9.57. The van der Waals surface area contributed by atoms with E-state index in [9.17, 15) is 9.90 Å². The fraction of sp³-hybridized carbons (Fsp3) is 0.917. The maximum Gasteiger partial charge on any atom is 0.324 e. The van der Waals surface area contributed by atoms with Gasteiger partial charge < -0.3 is 10.0 Å². The predicted molar refractivity (Wildman–Crippen MR) is 64.6 cm³/mol. The first-order chi connectivity index (χ1) is 7.56. The summed E-state index contributed by atoms with van der Waals surface area (Å²) >= 11 is 0. The fourth-order valence-electron chi connectivity index (χ4n) is 2.75. The van der Waals surface area contributed by atoms with E-state index in [-0.39, 0.29) is 0 Å². The Balaban J connectivity index is 2.90. The summed E-state index contributed by atoms with van der Waals surface area (Å²) in [7, 11) is 2.07. The minimum absolute atomic E-state index is 0.631. The van der Waals surface area contributed by atoms with E-state index in [0.29, 0.717) is 0 Å². The number of carboxylic acid groups (broad SMARTS) is 1. The molecule has 1 aliphatic rings. The number of hydrogen-bond acceptors (Lipinski definition) is 3. The Labute approximate surface area is 98.2 Å². The van der Waals surface area contributed by atoms with E-state index in [1.165, 1.54) is 0 Å². The second-order valence-electron chi connectivity index (χ2n) is 4.67. The molecule has 0 aromatic rings. The standard InChI is InChI=1S/C12H24N2O2/c1-4-14(5-2)12(11(15)16)7-6-9-13(3)10-8-12/h4-10H2,1-3H3,(H,15,16). The van der Waals surface area contributed by atoms with Crippen LogP contribution < -0.4 is 0 Å². The van der Waals surface area contributed by atoms with Gasteiger partial charge in [-0.3, -0.25) is 9.69 Å². The fourth-order valence-corrected chi connectivity index (χ4v) is 2.75. The lowest BCUT2D eigenvalue weighted by Gasteiger charge is -2.39. The van der Waals surface area contributed by atoms with Crippen molar-refractivity contribution in [2.75, 3.05) is 33.2 Å². The molecule has 0 radical (unpaired) electrons. The molecule has 0 saturated carbocycles. The lowest BCUT2D eigenvalue weighted by atomic mass is 9.88. The Bertz CT molecular complexity index is 241. The summed E-state index contributed by atoms with van der Waals surface area (Å²) in [5.74, 6) is -0.647. The van der Waals surface area contributed by atoms with Gasteiger partial charge in [0.1, 0.15) is 5.54 Å². The lowest BCUT2D eigenvalue weighted by Crippen LogP contribution is -2.55. The van der Waals surface area contributed by atoms with Crippen molar-refractivity contribution in [1.29, 1.82) is 0 Å². The third kappa shape index (κ3) is 2.55. The van der Waals surface area contributed by atoms with Crippen molar-refractivity contribution >= 4 is 5.97 Å². The molecule has 1 unspecified atom stereocenters. The van der Waals surface area contributed by atoms with Crippen LogP contribution >= 0.6 is 0 Å². The highest BCUT2D eigenvalue weighted by atomic mass is 16.4. The molecule has 1 heterocycles. The van der Waals surface area contributed by atoms with Crippen molar-refractivity contribution in [3.8, 4) is 0 Å². The molecule has 0 aromatic carbocycles. The summed E-state index contributed by atoms with van der Waals surface area (Å²) in [5.41, 5.74) is -0.631. The maximum absolute atomic E-state index is 11.6. The molecule has 1 aliphatic heterocycles. The molecule has 1 atom stereocenters. The third-order valence-electron chi connectivity index (χ3n) is 3.80. The highest BCUT2D eigenvalue weighted by Gasteiger charge is 2.43. The van der Waals surface area contributed by atoms with Crippen LogP contribution in [-0.2, 0) is 4.79 Å². The molecule has 0 amide bonds. The number of nitrogens with zero attached hydrogens (tertiary/aromatic N) is 2. The summed E-state index contributed by atoms with van der Waals surface area (Å²) in [4.78, 5) is 16.0. The van der Waals surface area contributed by atoms with Crippen LogP contribution in [0.2, 0.25) is 0 Å². The van der Waals surface area contributed by atoms with E-state index in [0.717, 1.165) is 45.4 Å². The van der Waals surface area contributed by atoms with E-state index in [2.05, 4.69) is 16.8 Å². The van der Waals surface area contributed by atoms with Crippen molar-refractivity contribution in [2.45, 2.75) is 38.6 Å². The summed E-state index contributed by atoms with van der Waals surface area (Å²) in [6.45, 7) is 7.60. The highest BCUT2D eigenvalue weighted by Crippen LogP contribution is 2.29. The number of carbonyl (C=O) groups is 1. The van der Waals surface area contributed by atoms with Crippen LogP contribution in [0.5, 0.6) is 0 Å². The van der Waals surface area contributed by atoms with E-state index in [1.54, 1.807) is 0 Å². The van der Waals surface area contributed by atoms with Crippen molar-refractivity contribution in [3.63, 3.8) is 0 Å². The minimum Gasteiger partial charge on any atom is -0.480 e. The summed E-state index contributed by atoms with van der Waals surface area (Å²) < 4.78 is 0. The SMILES string of the molecule is CCN(CC)C1(C(=O)O)CCCN(C)CC1. The molecule has 0 bridgehead atoms. The van der Waals surface area contributed by atoms with Crippen LogP contribution in [0, 0.1) is 0 Å². The number of carboxylic acids is 1. The molecule has 1 fully saturated rings. The Hall–Kier alpha value is -0.610. The van der Waals surface area contributed by atoms with Crippen molar-refractivity contribution in [1.82, 2.24) is 9.80 Å². The minimum atomic E-state index is -0.647. The van der Waals surface area contributed by atoms with Gasteiger partial charge in [-0.15, -0.1) is 0 Å². The molecule has 0 aromatic heterocycles. The smallest absolute Gasteiger partial charge is 0.324 e. The van der Waals surface area contributed by atoms with E-state index in [4.69, 9.17) is 0 Å². The van der Waals surface area contributed by atoms with Crippen LogP contribution in [-0.4, -0.2) is 59.6 Å². The molecule has 0 spiro atoms. The van der Waals surface area contributed by atoms with Crippen LogP contribution in [0.4, 0.5) is 0 Å². The van der Waals surface area contributed by atoms with Gasteiger partial charge >= 0.3 is 5.97 Å². The van der Waals surface area contributed by atoms with Gasteiger partial charge in [-0.1, -0.05) is 13.8 Å². The molecule has 16 heavy (non-hydrogen) atoms. The number of hydrogen-bond donors (Lipinski definition) is 1. The first-order valence-electron chi connectivity index (χ1n) is 6.23. The van der Waals surface area contributed by atoms with Crippen molar-refractivity contribution < 1.29 is 9.90 Å². The monoisotopic (exact) mass is 228 g/mol. The highest BCUT2D eigenvalue weighted by molar-refractivity contribution is 5.78. The van der Waals surface area contributed by atoms with Crippen LogP contribution in [0.25, 0.3) is 0 Å². The van der Waals surface area contributed by atoms with Crippen LogP contribution in [0.15, 0.2) is 0 Å². The molecule has 1 N–H and O–H groups in total. The zero-order chi connectivity index (χ0) is 12.2. The molecule has 94 valence electrons. The molecule has 1 saturated heterocycles. The molecular weight excluding hydrogens is 204 g/mol. The molecular formula is C12H24N2O2. The number of aliphatic carboxylic acids is 1. The molecule has 4 heteroatoms. The van der Waals surface area contributed by atoms with Crippen LogP contribution in [0.3, 0.4) is 0 Å². The topological polar surface area (TPSA) is 43.8 Å². The molecule has 1 rings (SSSR count). The normalized spacial score (nSPS) is 28.0. The number of rotatable bonds is 4. The van der Waals surface area contributed by atoms with Gasteiger partial charge in [0, 0.05) is 6.54 Å².